The lowest BCUT2D eigenvalue weighted by Gasteiger charge is -2.38. The molecule has 0 aliphatic carbocycles. The molecule has 0 spiro atoms. The summed E-state index contributed by atoms with van der Waals surface area (Å²) in [5.74, 6) is -5.82. The van der Waals surface area contributed by atoms with E-state index in [4.69, 9.17) is 0 Å². The summed E-state index contributed by atoms with van der Waals surface area (Å²) < 4.78 is 82.4. The van der Waals surface area contributed by atoms with E-state index in [-0.39, 0.29) is 34.7 Å². The first-order chi connectivity index (χ1) is 17.9. The van der Waals surface area contributed by atoms with E-state index in [1.165, 1.54) is 6.07 Å². The lowest BCUT2D eigenvalue weighted by molar-refractivity contribution is -0.126. The average molecular weight is 552 g/mol. The zero-order valence-electron chi connectivity index (χ0n) is 20.5. The van der Waals surface area contributed by atoms with Crippen molar-refractivity contribution in [2.45, 2.75) is 62.6 Å². The standard InChI is InChI=1S/C25H25F4N5O3S/c1-15-4-3-5-22(34(15)38(36,37)19-8-6-18(26)7-9-19)23(35)31-11-16-10-21(30-14-20(16)27)17-12-32-24(33-13-17)25(2,28)29/h6-10,12-15,22H,3-5,11H2,1-2H3,(H,31,35)/t15-,22-/m0/s1. The van der Waals surface area contributed by atoms with Gasteiger partial charge in [-0.1, -0.05) is 0 Å². The van der Waals surface area contributed by atoms with Gasteiger partial charge in [-0.25, -0.2) is 27.2 Å². The monoisotopic (exact) mass is 551 g/mol. The quantitative estimate of drug-likeness (QED) is 0.442. The molecule has 1 saturated heterocycles. The van der Waals surface area contributed by atoms with Crippen LogP contribution in [-0.2, 0) is 27.3 Å². The second-order valence-electron chi connectivity index (χ2n) is 9.15. The molecule has 0 radical (unpaired) electrons. The summed E-state index contributed by atoms with van der Waals surface area (Å²) in [5.41, 5.74) is 0.515. The van der Waals surface area contributed by atoms with Crippen molar-refractivity contribution >= 4 is 15.9 Å². The maximum Gasteiger partial charge on any atom is 0.303 e. The molecule has 2 aromatic heterocycles. The van der Waals surface area contributed by atoms with E-state index in [0.717, 1.165) is 47.2 Å². The van der Waals surface area contributed by atoms with Crippen molar-refractivity contribution in [2.75, 3.05) is 0 Å². The van der Waals surface area contributed by atoms with Crippen LogP contribution in [0.4, 0.5) is 17.6 Å². The molecule has 0 unspecified atom stereocenters. The van der Waals surface area contributed by atoms with Gasteiger partial charge in [0.25, 0.3) is 0 Å². The number of rotatable bonds is 7. The third-order valence-corrected chi connectivity index (χ3v) is 8.30. The molecule has 0 bridgehead atoms. The van der Waals surface area contributed by atoms with Gasteiger partial charge in [0.2, 0.25) is 15.9 Å². The average Bonchev–Trinajstić information content (AvgIpc) is 2.87. The number of aromatic nitrogens is 3. The number of halogens is 4. The van der Waals surface area contributed by atoms with Crippen LogP contribution in [0.5, 0.6) is 0 Å². The SMILES string of the molecule is C[C@H]1CCC[C@@H](C(=O)NCc2cc(-c3cnc(C(C)(F)F)nc3)ncc2F)N1S(=O)(=O)c1ccc(F)cc1. The Morgan fingerprint density at radius 3 is 2.37 bits per heavy atom. The van der Waals surface area contributed by atoms with Crippen LogP contribution < -0.4 is 5.32 Å². The molecule has 202 valence electrons. The van der Waals surface area contributed by atoms with Crippen LogP contribution in [0.15, 0.2) is 53.8 Å². The van der Waals surface area contributed by atoms with Crippen LogP contribution in [0, 0.1) is 11.6 Å². The lowest BCUT2D eigenvalue weighted by Crippen LogP contribution is -2.55. The Morgan fingerprint density at radius 1 is 1.08 bits per heavy atom. The van der Waals surface area contributed by atoms with E-state index >= 15 is 0 Å². The van der Waals surface area contributed by atoms with Gasteiger partial charge in [-0.15, -0.1) is 0 Å². The first-order valence-electron chi connectivity index (χ1n) is 11.8. The fourth-order valence-corrected chi connectivity index (χ4v) is 6.15. The van der Waals surface area contributed by atoms with E-state index in [1.807, 2.05) is 0 Å². The number of carbonyl (C=O) groups is 1. The summed E-state index contributed by atoms with van der Waals surface area (Å²) >= 11 is 0. The fraction of sp³-hybridized carbons (Fsp3) is 0.360. The number of hydrogen-bond acceptors (Lipinski definition) is 6. The van der Waals surface area contributed by atoms with E-state index < -0.39 is 51.4 Å². The Balaban J connectivity index is 1.53. The number of sulfonamides is 1. The van der Waals surface area contributed by atoms with Crippen LogP contribution in [0.2, 0.25) is 0 Å². The van der Waals surface area contributed by atoms with Crippen LogP contribution in [0.25, 0.3) is 11.3 Å². The van der Waals surface area contributed by atoms with E-state index in [1.54, 1.807) is 6.92 Å². The predicted octanol–water partition coefficient (Wildman–Crippen LogP) is 4.18. The van der Waals surface area contributed by atoms with Crippen molar-refractivity contribution in [2.24, 2.45) is 0 Å². The number of nitrogens with zero attached hydrogens (tertiary/aromatic N) is 4. The number of amides is 1. The van der Waals surface area contributed by atoms with Crippen LogP contribution in [0.3, 0.4) is 0 Å². The minimum absolute atomic E-state index is 0.0463. The van der Waals surface area contributed by atoms with Gasteiger partial charge < -0.3 is 5.32 Å². The van der Waals surface area contributed by atoms with Crippen molar-refractivity contribution in [1.82, 2.24) is 24.6 Å². The molecule has 13 heteroatoms. The highest BCUT2D eigenvalue weighted by atomic mass is 32.2. The first kappa shape index (κ1) is 27.6. The van der Waals surface area contributed by atoms with Crippen LogP contribution in [-0.4, -0.2) is 45.7 Å². The number of nitrogens with one attached hydrogen (secondary N) is 1. The number of pyridine rings is 1. The van der Waals surface area contributed by atoms with Gasteiger partial charge in [0.1, 0.15) is 17.7 Å². The summed E-state index contributed by atoms with van der Waals surface area (Å²) in [7, 11) is -4.12. The van der Waals surface area contributed by atoms with Gasteiger partial charge >= 0.3 is 5.92 Å². The van der Waals surface area contributed by atoms with Gasteiger partial charge in [0.15, 0.2) is 5.82 Å². The molecule has 4 rings (SSSR count). The minimum atomic E-state index is -4.12. The molecule has 1 aromatic carbocycles. The molecule has 0 saturated carbocycles. The van der Waals surface area contributed by atoms with E-state index in [2.05, 4.69) is 20.3 Å². The lowest BCUT2D eigenvalue weighted by atomic mass is 9.99. The van der Waals surface area contributed by atoms with Gasteiger partial charge in [-0.3, -0.25) is 9.78 Å². The molecule has 3 heterocycles. The molecular weight excluding hydrogens is 526 g/mol. The van der Waals surface area contributed by atoms with Gasteiger partial charge in [-0.05, 0) is 56.5 Å². The molecule has 1 N–H and O–H groups in total. The highest BCUT2D eigenvalue weighted by Gasteiger charge is 2.41. The second kappa shape index (κ2) is 10.7. The fourth-order valence-electron chi connectivity index (χ4n) is 4.31. The van der Waals surface area contributed by atoms with Crippen LogP contribution in [0.1, 0.15) is 44.5 Å². The topological polar surface area (TPSA) is 105 Å². The third kappa shape index (κ3) is 5.83. The zero-order chi connectivity index (χ0) is 27.7. The summed E-state index contributed by atoms with van der Waals surface area (Å²) in [5, 5.41) is 2.60. The summed E-state index contributed by atoms with van der Waals surface area (Å²) in [4.78, 5) is 24.2. The van der Waals surface area contributed by atoms with Crippen molar-refractivity contribution in [3.63, 3.8) is 0 Å². The maximum atomic E-state index is 14.5. The highest BCUT2D eigenvalue weighted by molar-refractivity contribution is 7.89. The molecule has 8 nitrogen and oxygen atoms in total. The second-order valence-corrected chi connectivity index (χ2v) is 11.0. The maximum absolute atomic E-state index is 14.5. The van der Waals surface area contributed by atoms with Crippen LogP contribution >= 0.6 is 0 Å². The number of carbonyl (C=O) groups excluding carboxylic acids is 1. The molecular formula is C25H25F4N5O3S. The molecule has 38 heavy (non-hydrogen) atoms. The molecule has 1 amide bonds. The molecule has 1 aliphatic heterocycles. The van der Waals surface area contributed by atoms with Crippen molar-refractivity contribution in [1.29, 1.82) is 0 Å². The molecule has 2 atom stereocenters. The van der Waals surface area contributed by atoms with Gasteiger partial charge in [-0.2, -0.15) is 13.1 Å². The smallest absolute Gasteiger partial charge is 0.303 e. The normalized spacial score (nSPS) is 18.8. The van der Waals surface area contributed by atoms with Gasteiger partial charge in [0, 0.05) is 43.0 Å². The van der Waals surface area contributed by atoms with Crippen molar-refractivity contribution in [3.8, 4) is 11.3 Å². The predicted molar refractivity (Wildman–Crippen MR) is 129 cm³/mol. The highest BCUT2D eigenvalue weighted by Crippen LogP contribution is 2.30. The summed E-state index contributed by atoms with van der Waals surface area (Å²) in [6.07, 6.45) is 4.61. The first-order valence-corrected chi connectivity index (χ1v) is 13.2. The summed E-state index contributed by atoms with van der Waals surface area (Å²) in [6, 6.07) is 4.15. The Hall–Kier alpha value is -3.45. The van der Waals surface area contributed by atoms with Crippen molar-refractivity contribution in [3.05, 3.63) is 71.9 Å². The van der Waals surface area contributed by atoms with Crippen molar-refractivity contribution < 1.29 is 30.8 Å². The summed E-state index contributed by atoms with van der Waals surface area (Å²) in [6.45, 7) is 2.08. The molecule has 3 aromatic rings. The Morgan fingerprint density at radius 2 is 1.74 bits per heavy atom. The molecule has 1 aliphatic rings. The van der Waals surface area contributed by atoms with E-state index in [0.29, 0.717) is 19.8 Å². The Kier molecular flexibility index (Phi) is 7.79. The van der Waals surface area contributed by atoms with E-state index in [9.17, 15) is 30.8 Å². The third-order valence-electron chi connectivity index (χ3n) is 6.26. The zero-order valence-corrected chi connectivity index (χ0v) is 21.4. The Labute approximate surface area is 217 Å². The number of alkyl halides is 2. The number of piperidine rings is 1. The Bertz CT molecular complexity index is 1410. The van der Waals surface area contributed by atoms with Gasteiger partial charge in [0.05, 0.1) is 16.8 Å². The molecule has 1 fully saturated rings. The number of hydrogen-bond donors (Lipinski definition) is 1. The minimum Gasteiger partial charge on any atom is -0.351 e. The number of benzene rings is 1. The largest absolute Gasteiger partial charge is 0.351 e.